The van der Waals surface area contributed by atoms with Crippen LogP contribution in [-0.2, 0) is 6.54 Å². The summed E-state index contributed by atoms with van der Waals surface area (Å²) in [7, 11) is 0. The molecule has 1 aromatic rings. The van der Waals surface area contributed by atoms with E-state index in [4.69, 9.17) is 0 Å². The fourth-order valence-electron chi connectivity index (χ4n) is 2.02. The summed E-state index contributed by atoms with van der Waals surface area (Å²) in [5, 5.41) is 3.40. The molecule has 1 rings (SSSR count). The summed E-state index contributed by atoms with van der Waals surface area (Å²) < 4.78 is 1.81. The highest BCUT2D eigenvalue weighted by molar-refractivity contribution is 5.07. The van der Waals surface area contributed by atoms with E-state index in [0.29, 0.717) is 6.04 Å². The summed E-state index contributed by atoms with van der Waals surface area (Å²) in [6, 6.07) is 4.39. The second kappa shape index (κ2) is 7.28. The third-order valence-corrected chi connectivity index (χ3v) is 3.05. The highest BCUT2D eigenvalue weighted by Gasteiger charge is 2.01. The fourth-order valence-corrected chi connectivity index (χ4v) is 2.02. The molecule has 17 heavy (non-hydrogen) atoms. The predicted octanol–water partition coefficient (Wildman–Crippen LogP) is 2.33. The number of rotatable bonds is 7. The molecule has 0 aromatic carbocycles. The Balaban J connectivity index is 2.32. The van der Waals surface area contributed by atoms with Gasteiger partial charge in [0.05, 0.1) is 0 Å². The van der Waals surface area contributed by atoms with E-state index in [1.165, 1.54) is 6.42 Å². The van der Waals surface area contributed by atoms with E-state index in [1.54, 1.807) is 0 Å². The largest absolute Gasteiger partial charge is 0.315 e. The fraction of sp³-hybridized carbons (Fsp3) is 0.643. The maximum absolute atomic E-state index is 11.7. The zero-order valence-electron chi connectivity index (χ0n) is 11.2. The highest BCUT2D eigenvalue weighted by atomic mass is 16.1. The topological polar surface area (TPSA) is 34.0 Å². The van der Waals surface area contributed by atoms with Crippen LogP contribution in [0.2, 0.25) is 0 Å². The Bertz CT molecular complexity index is 384. The molecule has 1 atom stereocenters. The van der Waals surface area contributed by atoms with Crippen LogP contribution in [0.3, 0.4) is 0 Å². The Kier molecular flexibility index (Phi) is 5.98. The molecule has 0 amide bonds. The zero-order valence-corrected chi connectivity index (χ0v) is 11.2. The van der Waals surface area contributed by atoms with Crippen molar-refractivity contribution in [2.24, 2.45) is 0 Å². The number of aromatic nitrogens is 1. The van der Waals surface area contributed by atoms with E-state index >= 15 is 0 Å². The lowest BCUT2D eigenvalue weighted by Crippen LogP contribution is -2.25. The zero-order chi connectivity index (χ0) is 12.7. The van der Waals surface area contributed by atoms with Crippen LogP contribution in [0, 0.1) is 6.92 Å². The number of nitrogens with one attached hydrogen (secondary N) is 1. The van der Waals surface area contributed by atoms with Gasteiger partial charge < -0.3 is 9.88 Å². The van der Waals surface area contributed by atoms with Crippen LogP contribution < -0.4 is 10.9 Å². The van der Waals surface area contributed by atoms with Gasteiger partial charge in [-0.25, -0.2) is 0 Å². The molecular formula is C14H24N2O. The molecule has 1 heterocycles. The molecule has 0 aliphatic carbocycles. The lowest BCUT2D eigenvalue weighted by Gasteiger charge is -2.12. The quantitative estimate of drug-likeness (QED) is 0.737. The molecule has 0 fully saturated rings. The number of hydrogen-bond acceptors (Lipinski definition) is 2. The Morgan fingerprint density at radius 3 is 2.88 bits per heavy atom. The van der Waals surface area contributed by atoms with E-state index in [2.05, 4.69) is 19.2 Å². The van der Waals surface area contributed by atoms with Crippen LogP contribution in [-0.4, -0.2) is 17.2 Å². The maximum atomic E-state index is 11.7. The number of hydrogen-bond donors (Lipinski definition) is 1. The molecule has 1 aromatic heterocycles. The summed E-state index contributed by atoms with van der Waals surface area (Å²) >= 11 is 0. The third kappa shape index (κ3) is 4.73. The average Bonchev–Trinajstić information content (AvgIpc) is 2.30. The molecule has 0 bridgehead atoms. The van der Waals surface area contributed by atoms with Crippen molar-refractivity contribution in [3.63, 3.8) is 0 Å². The van der Waals surface area contributed by atoms with Crippen LogP contribution in [0.5, 0.6) is 0 Å². The van der Waals surface area contributed by atoms with Crippen molar-refractivity contribution in [2.75, 3.05) is 6.54 Å². The number of pyridine rings is 1. The molecule has 0 spiro atoms. The summed E-state index contributed by atoms with van der Waals surface area (Å²) in [6.07, 6.45) is 5.28. The van der Waals surface area contributed by atoms with E-state index in [-0.39, 0.29) is 5.56 Å². The van der Waals surface area contributed by atoms with Gasteiger partial charge in [-0.3, -0.25) is 4.79 Å². The van der Waals surface area contributed by atoms with E-state index < -0.39 is 0 Å². The van der Waals surface area contributed by atoms with Gasteiger partial charge in [-0.1, -0.05) is 19.4 Å². The third-order valence-electron chi connectivity index (χ3n) is 3.05. The first kappa shape index (κ1) is 14.0. The second-order valence-electron chi connectivity index (χ2n) is 4.64. The first-order chi connectivity index (χ1) is 8.15. The van der Waals surface area contributed by atoms with Gasteiger partial charge in [0, 0.05) is 24.3 Å². The van der Waals surface area contributed by atoms with Gasteiger partial charge in [0.2, 0.25) is 0 Å². The second-order valence-corrected chi connectivity index (χ2v) is 4.64. The van der Waals surface area contributed by atoms with Crippen molar-refractivity contribution < 1.29 is 0 Å². The first-order valence-electron chi connectivity index (χ1n) is 6.54. The van der Waals surface area contributed by atoms with Gasteiger partial charge in [0.1, 0.15) is 0 Å². The monoisotopic (exact) mass is 236 g/mol. The van der Waals surface area contributed by atoms with Crippen molar-refractivity contribution in [2.45, 2.75) is 52.6 Å². The minimum absolute atomic E-state index is 0.146. The number of unbranched alkanes of at least 4 members (excludes halogenated alkanes) is 1. The summed E-state index contributed by atoms with van der Waals surface area (Å²) in [5.74, 6) is 0. The smallest absolute Gasteiger partial charge is 0.253 e. The van der Waals surface area contributed by atoms with Gasteiger partial charge in [-0.2, -0.15) is 0 Å². The Morgan fingerprint density at radius 1 is 1.41 bits per heavy atom. The molecule has 0 aliphatic heterocycles. The minimum Gasteiger partial charge on any atom is -0.315 e. The van der Waals surface area contributed by atoms with Crippen molar-refractivity contribution in [3.8, 4) is 0 Å². The molecule has 1 N–H and O–H groups in total. The number of aryl methyl sites for hydroxylation is 2. The normalized spacial score (nSPS) is 12.6. The molecule has 0 saturated carbocycles. The van der Waals surface area contributed by atoms with Gasteiger partial charge in [0.15, 0.2) is 0 Å². The van der Waals surface area contributed by atoms with E-state index in [1.807, 2.05) is 29.8 Å². The molecule has 1 unspecified atom stereocenters. The standard InChI is InChI=1S/C14H24N2O/c1-4-15-13(3)9-5-6-10-16-11-7-8-12(2)14(16)17/h7-8,11,13,15H,4-6,9-10H2,1-3H3. The Labute approximate surface area is 104 Å². The molecule has 3 heteroatoms. The summed E-state index contributed by atoms with van der Waals surface area (Å²) in [4.78, 5) is 11.7. The van der Waals surface area contributed by atoms with E-state index in [0.717, 1.165) is 31.5 Å². The Morgan fingerprint density at radius 2 is 2.18 bits per heavy atom. The average molecular weight is 236 g/mol. The van der Waals surface area contributed by atoms with Gasteiger partial charge in [-0.15, -0.1) is 0 Å². The molecular weight excluding hydrogens is 212 g/mol. The molecule has 0 radical (unpaired) electrons. The molecule has 0 saturated heterocycles. The summed E-state index contributed by atoms with van der Waals surface area (Å²) in [6.45, 7) is 8.06. The lowest BCUT2D eigenvalue weighted by atomic mass is 10.1. The van der Waals surface area contributed by atoms with E-state index in [9.17, 15) is 4.79 Å². The van der Waals surface area contributed by atoms with Gasteiger partial charge >= 0.3 is 0 Å². The SMILES string of the molecule is CCNC(C)CCCCn1cccc(C)c1=O. The first-order valence-corrected chi connectivity index (χ1v) is 6.54. The number of nitrogens with zero attached hydrogens (tertiary/aromatic N) is 1. The highest BCUT2D eigenvalue weighted by Crippen LogP contribution is 2.02. The van der Waals surface area contributed by atoms with Crippen molar-refractivity contribution >= 4 is 0 Å². The lowest BCUT2D eigenvalue weighted by molar-refractivity contribution is 0.482. The minimum atomic E-state index is 0.146. The Hall–Kier alpha value is -1.09. The summed E-state index contributed by atoms with van der Waals surface area (Å²) in [5.41, 5.74) is 0.973. The van der Waals surface area contributed by atoms with Crippen LogP contribution in [0.15, 0.2) is 23.1 Å². The van der Waals surface area contributed by atoms with Crippen molar-refractivity contribution in [1.29, 1.82) is 0 Å². The molecule has 0 aliphatic rings. The maximum Gasteiger partial charge on any atom is 0.253 e. The van der Waals surface area contributed by atoms with Crippen LogP contribution in [0.1, 0.15) is 38.7 Å². The predicted molar refractivity (Wildman–Crippen MR) is 72.4 cm³/mol. The van der Waals surface area contributed by atoms with Crippen molar-refractivity contribution in [3.05, 3.63) is 34.2 Å². The molecule has 3 nitrogen and oxygen atoms in total. The van der Waals surface area contributed by atoms with Crippen molar-refractivity contribution in [1.82, 2.24) is 9.88 Å². The van der Waals surface area contributed by atoms with Crippen LogP contribution >= 0.6 is 0 Å². The van der Waals surface area contributed by atoms with Gasteiger partial charge in [-0.05, 0) is 39.3 Å². The van der Waals surface area contributed by atoms with Crippen LogP contribution in [0.4, 0.5) is 0 Å². The molecule has 96 valence electrons. The van der Waals surface area contributed by atoms with Gasteiger partial charge in [0.25, 0.3) is 5.56 Å². The van der Waals surface area contributed by atoms with Crippen LogP contribution in [0.25, 0.3) is 0 Å².